The van der Waals surface area contributed by atoms with Crippen molar-refractivity contribution in [1.29, 1.82) is 0 Å². The molecular weight excluding hydrogens is 261 g/mol. The Kier molecular flexibility index (Phi) is 3.97. The quantitative estimate of drug-likeness (QED) is 0.787. The van der Waals surface area contributed by atoms with Crippen LogP contribution in [0.3, 0.4) is 0 Å². The van der Waals surface area contributed by atoms with Gasteiger partial charge in [-0.3, -0.25) is 0 Å². The van der Waals surface area contributed by atoms with Crippen LogP contribution in [0.4, 0.5) is 4.39 Å². The van der Waals surface area contributed by atoms with Gasteiger partial charge in [-0.1, -0.05) is 0 Å². The maximum Gasteiger partial charge on any atom is 0.140 e. The van der Waals surface area contributed by atoms with Crippen LogP contribution in [0.5, 0.6) is 5.75 Å². The number of halogens is 2. The Hall–Kier alpha value is -1.13. The molecule has 0 aliphatic carbocycles. The number of aromatic nitrogens is 1. The Labute approximate surface area is 108 Å². The predicted octanol–water partition coefficient (Wildman–Crippen LogP) is 3.91. The molecule has 0 saturated heterocycles. The van der Waals surface area contributed by atoms with E-state index in [1.165, 1.54) is 12.1 Å². The van der Waals surface area contributed by atoms with Crippen molar-refractivity contribution in [3.8, 4) is 5.75 Å². The Bertz CT molecular complexity index is 515. The van der Waals surface area contributed by atoms with Crippen molar-refractivity contribution in [1.82, 2.24) is 4.98 Å². The maximum absolute atomic E-state index is 13.0. The molecule has 0 saturated carbocycles. The average molecular weight is 272 g/mol. The minimum absolute atomic E-state index is 0.226. The van der Waals surface area contributed by atoms with E-state index in [0.717, 1.165) is 10.7 Å². The van der Waals surface area contributed by atoms with Gasteiger partial charge in [0, 0.05) is 16.6 Å². The first-order chi connectivity index (χ1) is 8.19. The predicted molar refractivity (Wildman–Crippen MR) is 67.1 cm³/mol. The third-order valence-electron chi connectivity index (χ3n) is 2.18. The van der Waals surface area contributed by atoms with Gasteiger partial charge in [-0.05, 0) is 25.1 Å². The number of thiazole rings is 1. The van der Waals surface area contributed by atoms with Gasteiger partial charge in [0.2, 0.25) is 0 Å². The molecule has 1 aromatic carbocycles. The molecule has 0 bridgehead atoms. The highest BCUT2D eigenvalue weighted by Gasteiger charge is 2.06. The van der Waals surface area contributed by atoms with E-state index in [1.807, 2.05) is 12.3 Å². The molecule has 2 nitrogen and oxygen atoms in total. The standard InChI is InChI=1S/C12H11ClFNOS/c1-8-7-17-12(15-8)6-16-11-3-2-10(14)4-9(11)5-13/h2-4,7H,5-6H2,1H3. The van der Waals surface area contributed by atoms with Crippen molar-refractivity contribution in [3.05, 3.63) is 45.7 Å². The molecule has 17 heavy (non-hydrogen) atoms. The Morgan fingerprint density at radius 1 is 1.47 bits per heavy atom. The van der Waals surface area contributed by atoms with Gasteiger partial charge in [-0.25, -0.2) is 9.37 Å². The summed E-state index contributed by atoms with van der Waals surface area (Å²) >= 11 is 7.27. The molecule has 0 amide bonds. The topological polar surface area (TPSA) is 22.1 Å². The van der Waals surface area contributed by atoms with Crippen molar-refractivity contribution >= 4 is 22.9 Å². The van der Waals surface area contributed by atoms with Crippen molar-refractivity contribution in [3.63, 3.8) is 0 Å². The average Bonchev–Trinajstić information content (AvgIpc) is 2.73. The van der Waals surface area contributed by atoms with Crippen molar-refractivity contribution in [2.24, 2.45) is 0 Å². The minimum Gasteiger partial charge on any atom is -0.486 e. The molecule has 0 fully saturated rings. The van der Waals surface area contributed by atoms with Crippen LogP contribution in [-0.4, -0.2) is 4.98 Å². The molecule has 0 atom stereocenters. The Morgan fingerprint density at radius 3 is 2.94 bits per heavy atom. The largest absolute Gasteiger partial charge is 0.486 e. The SMILES string of the molecule is Cc1csc(COc2ccc(F)cc2CCl)n1. The lowest BCUT2D eigenvalue weighted by atomic mass is 10.2. The minimum atomic E-state index is -0.307. The molecule has 1 aromatic heterocycles. The number of benzene rings is 1. The second-order valence-electron chi connectivity index (χ2n) is 3.56. The number of hydrogen-bond acceptors (Lipinski definition) is 3. The molecule has 0 radical (unpaired) electrons. The summed E-state index contributed by atoms with van der Waals surface area (Å²) in [5.41, 5.74) is 1.63. The third-order valence-corrected chi connectivity index (χ3v) is 3.41. The highest BCUT2D eigenvalue weighted by Crippen LogP contribution is 2.23. The number of ether oxygens (including phenoxy) is 1. The number of aryl methyl sites for hydroxylation is 1. The van der Waals surface area contributed by atoms with Gasteiger partial charge in [0.15, 0.2) is 0 Å². The lowest BCUT2D eigenvalue weighted by molar-refractivity contribution is 0.302. The number of hydrogen-bond donors (Lipinski definition) is 0. The first-order valence-electron chi connectivity index (χ1n) is 5.07. The highest BCUT2D eigenvalue weighted by molar-refractivity contribution is 7.09. The molecule has 0 unspecified atom stereocenters. The molecule has 90 valence electrons. The molecule has 2 rings (SSSR count). The van der Waals surface area contributed by atoms with Crippen LogP contribution in [-0.2, 0) is 12.5 Å². The van der Waals surface area contributed by atoms with Crippen LogP contribution in [0.25, 0.3) is 0 Å². The molecule has 0 aliphatic heterocycles. The van der Waals surface area contributed by atoms with E-state index in [0.29, 0.717) is 17.9 Å². The second kappa shape index (κ2) is 5.47. The zero-order valence-electron chi connectivity index (χ0n) is 9.24. The summed E-state index contributed by atoms with van der Waals surface area (Å²) in [4.78, 5) is 4.29. The summed E-state index contributed by atoms with van der Waals surface area (Å²) in [7, 11) is 0. The van der Waals surface area contributed by atoms with Gasteiger partial charge in [0.1, 0.15) is 23.2 Å². The van der Waals surface area contributed by atoms with Crippen LogP contribution < -0.4 is 4.74 Å². The lowest BCUT2D eigenvalue weighted by Gasteiger charge is -2.08. The van der Waals surface area contributed by atoms with Crippen LogP contribution in [0.1, 0.15) is 16.3 Å². The normalized spacial score (nSPS) is 10.5. The molecule has 2 aromatic rings. The van der Waals surface area contributed by atoms with Gasteiger partial charge >= 0.3 is 0 Å². The molecule has 1 heterocycles. The van der Waals surface area contributed by atoms with Gasteiger partial charge in [-0.2, -0.15) is 0 Å². The summed E-state index contributed by atoms with van der Waals surface area (Å²) in [5.74, 6) is 0.525. The fourth-order valence-electron chi connectivity index (χ4n) is 1.40. The number of alkyl halides is 1. The summed E-state index contributed by atoms with van der Waals surface area (Å²) < 4.78 is 18.6. The van der Waals surface area contributed by atoms with Crippen LogP contribution in [0.15, 0.2) is 23.6 Å². The first kappa shape index (κ1) is 12.3. The molecular formula is C12H11ClFNOS. The maximum atomic E-state index is 13.0. The van der Waals surface area contributed by atoms with E-state index in [2.05, 4.69) is 4.98 Å². The monoisotopic (exact) mass is 271 g/mol. The van der Waals surface area contributed by atoms with Crippen LogP contribution in [0, 0.1) is 12.7 Å². The van der Waals surface area contributed by atoms with E-state index in [1.54, 1.807) is 17.4 Å². The zero-order chi connectivity index (χ0) is 12.3. The fraction of sp³-hybridized carbons (Fsp3) is 0.250. The lowest BCUT2D eigenvalue weighted by Crippen LogP contribution is -1.98. The van der Waals surface area contributed by atoms with Crippen LogP contribution >= 0.6 is 22.9 Å². The molecule has 5 heteroatoms. The van der Waals surface area contributed by atoms with Crippen molar-refractivity contribution in [2.45, 2.75) is 19.4 Å². The first-order valence-corrected chi connectivity index (χ1v) is 6.48. The summed E-state index contributed by atoms with van der Waals surface area (Å²) in [5, 5.41) is 2.86. The van der Waals surface area contributed by atoms with Gasteiger partial charge in [0.25, 0.3) is 0 Å². The highest BCUT2D eigenvalue weighted by atomic mass is 35.5. The van der Waals surface area contributed by atoms with Gasteiger partial charge in [0.05, 0.1) is 5.88 Å². The molecule has 0 aliphatic rings. The Morgan fingerprint density at radius 2 is 2.29 bits per heavy atom. The van der Waals surface area contributed by atoms with Crippen LogP contribution in [0.2, 0.25) is 0 Å². The van der Waals surface area contributed by atoms with E-state index in [4.69, 9.17) is 16.3 Å². The summed E-state index contributed by atoms with van der Waals surface area (Å²) in [6.45, 7) is 2.32. The van der Waals surface area contributed by atoms with E-state index in [9.17, 15) is 4.39 Å². The fourth-order valence-corrected chi connectivity index (χ4v) is 2.29. The van der Waals surface area contributed by atoms with Crippen molar-refractivity contribution in [2.75, 3.05) is 0 Å². The van der Waals surface area contributed by atoms with Gasteiger partial charge in [-0.15, -0.1) is 22.9 Å². The van der Waals surface area contributed by atoms with E-state index < -0.39 is 0 Å². The smallest absolute Gasteiger partial charge is 0.140 e. The number of rotatable bonds is 4. The zero-order valence-corrected chi connectivity index (χ0v) is 10.8. The summed E-state index contributed by atoms with van der Waals surface area (Å²) in [6, 6.07) is 4.33. The van der Waals surface area contributed by atoms with E-state index in [-0.39, 0.29) is 11.7 Å². The number of nitrogens with zero attached hydrogens (tertiary/aromatic N) is 1. The van der Waals surface area contributed by atoms with E-state index >= 15 is 0 Å². The molecule has 0 N–H and O–H groups in total. The molecule has 0 spiro atoms. The van der Waals surface area contributed by atoms with Crippen molar-refractivity contribution < 1.29 is 9.13 Å². The Balaban J connectivity index is 2.08. The van der Waals surface area contributed by atoms with Gasteiger partial charge < -0.3 is 4.74 Å². The third kappa shape index (κ3) is 3.17. The second-order valence-corrected chi connectivity index (χ2v) is 4.77. The summed E-state index contributed by atoms with van der Waals surface area (Å²) in [6.07, 6.45) is 0.